The van der Waals surface area contributed by atoms with Crippen molar-refractivity contribution in [3.8, 4) is 17.2 Å². The van der Waals surface area contributed by atoms with E-state index < -0.39 is 0 Å². The van der Waals surface area contributed by atoms with Gasteiger partial charge in [0, 0.05) is 6.08 Å². The van der Waals surface area contributed by atoms with Crippen molar-refractivity contribution in [2.24, 2.45) is 0 Å². The summed E-state index contributed by atoms with van der Waals surface area (Å²) in [7, 11) is 3.16. The molecule has 0 saturated heterocycles. The van der Waals surface area contributed by atoms with Crippen LogP contribution in [-0.4, -0.2) is 26.7 Å². The van der Waals surface area contributed by atoms with Crippen LogP contribution in [0.1, 0.15) is 18.1 Å². The molecule has 5 nitrogen and oxygen atoms in total. The zero-order valence-electron chi connectivity index (χ0n) is 15.0. The van der Waals surface area contributed by atoms with Gasteiger partial charge in [0.2, 0.25) is 5.91 Å². The van der Waals surface area contributed by atoms with Crippen molar-refractivity contribution >= 4 is 17.7 Å². The summed E-state index contributed by atoms with van der Waals surface area (Å²) >= 11 is 0. The van der Waals surface area contributed by atoms with Gasteiger partial charge in [-0.25, -0.2) is 0 Å². The lowest BCUT2D eigenvalue weighted by Crippen LogP contribution is -2.09. The standard InChI is InChI=1S/C20H23NO4/c1-5-25-18-10-7-15(13-19(18)24-4)8-11-20(22)21-16-12-14(2)6-9-17(16)23-3/h6-13H,5H2,1-4H3,(H,21,22). The third kappa shape index (κ3) is 5.01. The number of benzene rings is 2. The second-order valence-corrected chi connectivity index (χ2v) is 5.37. The Kier molecular flexibility index (Phi) is 6.46. The van der Waals surface area contributed by atoms with Gasteiger partial charge >= 0.3 is 0 Å². The Morgan fingerprint density at radius 2 is 1.76 bits per heavy atom. The van der Waals surface area contributed by atoms with Gasteiger partial charge in [-0.05, 0) is 55.3 Å². The van der Waals surface area contributed by atoms with E-state index in [1.807, 2.05) is 50.2 Å². The Balaban J connectivity index is 2.11. The molecule has 0 aliphatic carbocycles. The molecule has 0 aromatic heterocycles. The van der Waals surface area contributed by atoms with Crippen LogP contribution in [-0.2, 0) is 4.79 Å². The van der Waals surface area contributed by atoms with Gasteiger partial charge < -0.3 is 19.5 Å². The van der Waals surface area contributed by atoms with Crippen molar-refractivity contribution in [1.82, 2.24) is 0 Å². The maximum atomic E-state index is 12.2. The van der Waals surface area contributed by atoms with Gasteiger partial charge in [0.25, 0.3) is 0 Å². The molecular formula is C20H23NO4. The molecular weight excluding hydrogens is 318 g/mol. The first kappa shape index (κ1) is 18.4. The molecule has 2 rings (SSSR count). The summed E-state index contributed by atoms with van der Waals surface area (Å²) in [5.41, 5.74) is 2.52. The minimum absolute atomic E-state index is 0.239. The van der Waals surface area contributed by atoms with Crippen LogP contribution < -0.4 is 19.5 Å². The molecule has 0 radical (unpaired) electrons. The lowest BCUT2D eigenvalue weighted by Gasteiger charge is -2.10. The zero-order chi connectivity index (χ0) is 18.2. The zero-order valence-corrected chi connectivity index (χ0v) is 15.0. The van der Waals surface area contributed by atoms with E-state index >= 15 is 0 Å². The number of rotatable bonds is 7. The van der Waals surface area contributed by atoms with Crippen molar-refractivity contribution in [1.29, 1.82) is 0 Å². The summed E-state index contributed by atoms with van der Waals surface area (Å²) in [6, 6.07) is 11.1. The van der Waals surface area contributed by atoms with Crippen LogP contribution in [0.5, 0.6) is 17.2 Å². The van der Waals surface area contributed by atoms with E-state index in [1.54, 1.807) is 20.3 Å². The minimum Gasteiger partial charge on any atom is -0.495 e. The SMILES string of the molecule is CCOc1ccc(C=CC(=O)Nc2cc(C)ccc2OC)cc1OC. The van der Waals surface area contributed by atoms with Gasteiger partial charge in [-0.15, -0.1) is 0 Å². The van der Waals surface area contributed by atoms with Crippen LogP contribution in [0.3, 0.4) is 0 Å². The Bertz CT molecular complexity index is 768. The Morgan fingerprint density at radius 1 is 1.04 bits per heavy atom. The topological polar surface area (TPSA) is 56.8 Å². The van der Waals surface area contributed by atoms with Crippen molar-refractivity contribution in [3.63, 3.8) is 0 Å². The lowest BCUT2D eigenvalue weighted by atomic mass is 10.1. The van der Waals surface area contributed by atoms with Gasteiger partial charge in [-0.1, -0.05) is 12.1 Å². The molecule has 0 heterocycles. The lowest BCUT2D eigenvalue weighted by molar-refractivity contribution is -0.111. The van der Waals surface area contributed by atoms with Crippen LogP contribution in [0.15, 0.2) is 42.5 Å². The third-order valence-corrected chi connectivity index (χ3v) is 3.53. The third-order valence-electron chi connectivity index (χ3n) is 3.53. The van der Waals surface area contributed by atoms with Crippen molar-refractivity contribution < 1.29 is 19.0 Å². The highest BCUT2D eigenvalue weighted by atomic mass is 16.5. The molecule has 132 valence electrons. The number of ether oxygens (including phenoxy) is 3. The minimum atomic E-state index is -0.239. The fourth-order valence-electron chi connectivity index (χ4n) is 2.33. The molecule has 0 aliphatic heterocycles. The first-order valence-corrected chi connectivity index (χ1v) is 8.02. The number of nitrogens with one attached hydrogen (secondary N) is 1. The molecule has 0 unspecified atom stereocenters. The molecule has 0 bridgehead atoms. The van der Waals surface area contributed by atoms with Gasteiger partial charge in [0.1, 0.15) is 5.75 Å². The summed E-state index contributed by atoms with van der Waals surface area (Å²) in [5.74, 6) is 1.69. The number of amides is 1. The van der Waals surface area contributed by atoms with Crippen LogP contribution in [0.25, 0.3) is 6.08 Å². The first-order chi connectivity index (χ1) is 12.1. The van der Waals surface area contributed by atoms with Crippen molar-refractivity contribution in [2.75, 3.05) is 26.1 Å². The normalized spacial score (nSPS) is 10.6. The molecule has 2 aromatic rings. The molecule has 0 fully saturated rings. The van der Waals surface area contributed by atoms with Gasteiger partial charge in [0.05, 0.1) is 26.5 Å². The number of hydrogen-bond acceptors (Lipinski definition) is 4. The van der Waals surface area contributed by atoms with E-state index in [2.05, 4.69) is 5.32 Å². The van der Waals surface area contributed by atoms with Gasteiger partial charge in [-0.2, -0.15) is 0 Å². The summed E-state index contributed by atoms with van der Waals surface area (Å²) in [5, 5.41) is 2.83. The maximum Gasteiger partial charge on any atom is 0.248 e. The number of carbonyl (C=O) groups is 1. The molecule has 1 amide bonds. The highest BCUT2D eigenvalue weighted by molar-refractivity contribution is 6.02. The molecule has 5 heteroatoms. The summed E-state index contributed by atoms with van der Waals surface area (Å²) in [6.07, 6.45) is 3.19. The predicted octanol–water partition coefficient (Wildman–Crippen LogP) is 4.06. The number of methoxy groups -OCH3 is 2. The number of aryl methyl sites for hydroxylation is 1. The predicted molar refractivity (Wildman–Crippen MR) is 99.6 cm³/mol. The van der Waals surface area contributed by atoms with E-state index in [1.165, 1.54) is 6.08 Å². The Labute approximate surface area is 148 Å². The first-order valence-electron chi connectivity index (χ1n) is 8.02. The molecule has 25 heavy (non-hydrogen) atoms. The monoisotopic (exact) mass is 341 g/mol. The quantitative estimate of drug-likeness (QED) is 0.772. The van der Waals surface area contributed by atoms with Crippen LogP contribution in [0.2, 0.25) is 0 Å². The van der Waals surface area contributed by atoms with Gasteiger partial charge in [-0.3, -0.25) is 4.79 Å². The van der Waals surface area contributed by atoms with Crippen LogP contribution in [0.4, 0.5) is 5.69 Å². The van der Waals surface area contributed by atoms with Crippen molar-refractivity contribution in [2.45, 2.75) is 13.8 Å². The van der Waals surface area contributed by atoms with E-state index in [0.717, 1.165) is 11.1 Å². The molecule has 0 aliphatic rings. The molecule has 0 saturated carbocycles. The van der Waals surface area contributed by atoms with E-state index in [9.17, 15) is 4.79 Å². The summed E-state index contributed by atoms with van der Waals surface area (Å²) < 4.78 is 16.1. The highest BCUT2D eigenvalue weighted by Gasteiger charge is 2.07. The average Bonchev–Trinajstić information content (AvgIpc) is 2.61. The van der Waals surface area contributed by atoms with E-state index in [-0.39, 0.29) is 5.91 Å². The fraction of sp³-hybridized carbons (Fsp3) is 0.250. The average molecular weight is 341 g/mol. The van der Waals surface area contributed by atoms with Crippen molar-refractivity contribution in [3.05, 3.63) is 53.6 Å². The largest absolute Gasteiger partial charge is 0.495 e. The second-order valence-electron chi connectivity index (χ2n) is 5.37. The molecule has 0 spiro atoms. The second kappa shape index (κ2) is 8.78. The molecule has 1 N–H and O–H groups in total. The summed E-state index contributed by atoms with van der Waals surface area (Å²) in [4.78, 5) is 12.2. The summed E-state index contributed by atoms with van der Waals surface area (Å²) in [6.45, 7) is 4.43. The smallest absolute Gasteiger partial charge is 0.248 e. The molecule has 0 atom stereocenters. The van der Waals surface area contributed by atoms with Gasteiger partial charge in [0.15, 0.2) is 11.5 Å². The number of hydrogen-bond donors (Lipinski definition) is 1. The maximum absolute atomic E-state index is 12.2. The van der Waals surface area contributed by atoms with E-state index in [0.29, 0.717) is 29.5 Å². The fourth-order valence-corrected chi connectivity index (χ4v) is 2.33. The Hall–Kier alpha value is -2.95. The Morgan fingerprint density at radius 3 is 2.44 bits per heavy atom. The number of anilines is 1. The molecule has 2 aromatic carbocycles. The van der Waals surface area contributed by atoms with Crippen LogP contribution >= 0.6 is 0 Å². The van der Waals surface area contributed by atoms with E-state index in [4.69, 9.17) is 14.2 Å². The highest BCUT2D eigenvalue weighted by Crippen LogP contribution is 2.29. The number of carbonyl (C=O) groups excluding carboxylic acids is 1. The van der Waals surface area contributed by atoms with Crippen LogP contribution in [0, 0.1) is 6.92 Å².